The van der Waals surface area contributed by atoms with Gasteiger partial charge in [0.15, 0.2) is 5.16 Å². The number of carbonyl (C=O) groups is 1. The summed E-state index contributed by atoms with van der Waals surface area (Å²) in [5.74, 6) is 0.381. The summed E-state index contributed by atoms with van der Waals surface area (Å²) in [4.78, 5) is 20.0. The second-order valence-electron chi connectivity index (χ2n) is 5.27. The molecule has 2 aromatic heterocycles. The van der Waals surface area contributed by atoms with Gasteiger partial charge in [-0.1, -0.05) is 42.1 Å². The minimum atomic E-state index is -2.72. The lowest BCUT2D eigenvalue weighted by Crippen LogP contribution is -2.24. The van der Waals surface area contributed by atoms with Gasteiger partial charge in [0.05, 0.1) is 24.3 Å². The van der Waals surface area contributed by atoms with Crippen LogP contribution < -0.4 is 5.32 Å². The summed E-state index contributed by atoms with van der Waals surface area (Å²) in [6.07, 6.45) is -1.20. The van der Waals surface area contributed by atoms with Crippen LogP contribution in [0.25, 0.3) is 11.3 Å². The van der Waals surface area contributed by atoms with Crippen molar-refractivity contribution in [2.45, 2.75) is 18.1 Å². The molecule has 0 aliphatic heterocycles. The lowest BCUT2D eigenvalue weighted by Gasteiger charge is -2.08. The Morgan fingerprint density at radius 2 is 1.96 bits per heavy atom. The van der Waals surface area contributed by atoms with E-state index in [-0.39, 0.29) is 29.1 Å². The van der Waals surface area contributed by atoms with Gasteiger partial charge in [-0.3, -0.25) is 4.79 Å². The van der Waals surface area contributed by atoms with Crippen molar-refractivity contribution in [3.8, 4) is 11.3 Å². The first-order valence-electron chi connectivity index (χ1n) is 7.76. The smallest absolute Gasteiger partial charge is 0.280 e. The maximum atomic E-state index is 13.1. The quantitative estimate of drug-likeness (QED) is 0.498. The van der Waals surface area contributed by atoms with Crippen molar-refractivity contribution in [2.75, 3.05) is 5.75 Å². The number of thioether (sulfide) groups is 1. The van der Waals surface area contributed by atoms with Crippen LogP contribution in [-0.2, 0) is 11.3 Å². The molecule has 3 rings (SSSR count). The average molecular weight is 375 g/mol. The molecule has 1 N–H and O–H groups in total. The molecule has 0 saturated carbocycles. The van der Waals surface area contributed by atoms with Gasteiger partial charge in [-0.2, -0.15) is 0 Å². The highest BCUT2D eigenvalue weighted by molar-refractivity contribution is 7.99. The minimum absolute atomic E-state index is 0.0155. The number of furan rings is 1. The molecule has 2 heterocycles. The summed E-state index contributed by atoms with van der Waals surface area (Å²) < 4.78 is 31.4. The number of aromatic nitrogens is 2. The highest BCUT2D eigenvalue weighted by Gasteiger charge is 2.15. The van der Waals surface area contributed by atoms with Gasteiger partial charge in [-0.05, 0) is 18.2 Å². The Morgan fingerprint density at radius 1 is 1.15 bits per heavy atom. The first kappa shape index (κ1) is 18.1. The summed E-state index contributed by atoms with van der Waals surface area (Å²) in [5, 5.41) is 2.82. The largest absolute Gasteiger partial charge is 0.467 e. The fourth-order valence-electron chi connectivity index (χ4n) is 2.16. The lowest BCUT2D eigenvalue weighted by atomic mass is 10.1. The third-order valence-electron chi connectivity index (χ3n) is 3.39. The maximum Gasteiger partial charge on any atom is 0.280 e. The van der Waals surface area contributed by atoms with Crippen LogP contribution in [0.15, 0.2) is 64.4 Å². The monoisotopic (exact) mass is 375 g/mol. The van der Waals surface area contributed by atoms with Crippen LogP contribution in [0.2, 0.25) is 0 Å². The molecule has 0 spiro atoms. The Morgan fingerprint density at radius 3 is 2.65 bits per heavy atom. The van der Waals surface area contributed by atoms with Gasteiger partial charge in [0.25, 0.3) is 6.43 Å². The topological polar surface area (TPSA) is 68.0 Å². The second-order valence-corrected chi connectivity index (χ2v) is 6.21. The molecule has 0 saturated heterocycles. The molecular weight excluding hydrogens is 360 g/mol. The normalized spacial score (nSPS) is 10.9. The van der Waals surface area contributed by atoms with Crippen LogP contribution in [0, 0.1) is 0 Å². The van der Waals surface area contributed by atoms with Gasteiger partial charge in [0.2, 0.25) is 5.91 Å². The van der Waals surface area contributed by atoms with Crippen molar-refractivity contribution < 1.29 is 18.0 Å². The van der Waals surface area contributed by atoms with Crippen molar-refractivity contribution in [3.05, 3.63) is 66.2 Å². The number of benzene rings is 1. The van der Waals surface area contributed by atoms with Gasteiger partial charge in [-0.15, -0.1) is 0 Å². The molecule has 5 nitrogen and oxygen atoms in total. The van der Waals surface area contributed by atoms with E-state index >= 15 is 0 Å². The molecular formula is C18H15F2N3O2S. The molecule has 1 aromatic carbocycles. The number of hydrogen-bond donors (Lipinski definition) is 1. The Hall–Kier alpha value is -2.74. The molecule has 0 radical (unpaired) electrons. The summed E-state index contributed by atoms with van der Waals surface area (Å²) in [6.45, 7) is 0.263. The number of amides is 1. The fraction of sp³-hybridized carbons (Fsp3) is 0.167. The zero-order valence-corrected chi connectivity index (χ0v) is 14.4. The Kier molecular flexibility index (Phi) is 5.96. The highest BCUT2D eigenvalue weighted by Crippen LogP contribution is 2.26. The molecule has 0 aliphatic carbocycles. The van der Waals surface area contributed by atoms with Crippen molar-refractivity contribution in [2.24, 2.45) is 0 Å². The van der Waals surface area contributed by atoms with Gasteiger partial charge in [-0.25, -0.2) is 18.7 Å². The average Bonchev–Trinajstić information content (AvgIpc) is 3.19. The van der Waals surface area contributed by atoms with Crippen LogP contribution in [0.1, 0.15) is 17.9 Å². The predicted molar refractivity (Wildman–Crippen MR) is 93.7 cm³/mol. The minimum Gasteiger partial charge on any atom is -0.467 e. The zero-order valence-electron chi connectivity index (χ0n) is 13.6. The number of rotatable bonds is 7. The number of nitrogens with one attached hydrogen (secondary N) is 1. The van der Waals surface area contributed by atoms with Crippen molar-refractivity contribution in [3.63, 3.8) is 0 Å². The van der Waals surface area contributed by atoms with Gasteiger partial charge >= 0.3 is 0 Å². The zero-order chi connectivity index (χ0) is 18.4. The molecule has 0 unspecified atom stereocenters. The summed E-state index contributed by atoms with van der Waals surface area (Å²) >= 11 is 1.01. The van der Waals surface area contributed by atoms with E-state index < -0.39 is 6.43 Å². The van der Waals surface area contributed by atoms with Crippen molar-refractivity contribution in [1.82, 2.24) is 15.3 Å². The summed E-state index contributed by atoms with van der Waals surface area (Å²) in [7, 11) is 0. The van der Waals surface area contributed by atoms with Crippen LogP contribution in [-0.4, -0.2) is 21.6 Å². The highest BCUT2D eigenvalue weighted by atomic mass is 32.2. The molecule has 134 valence electrons. The summed E-state index contributed by atoms with van der Waals surface area (Å²) in [6, 6.07) is 13.7. The molecule has 1 amide bonds. The van der Waals surface area contributed by atoms with E-state index in [2.05, 4.69) is 15.3 Å². The lowest BCUT2D eigenvalue weighted by molar-refractivity contribution is -0.118. The molecule has 0 fully saturated rings. The number of nitrogens with zero attached hydrogens (tertiary/aromatic N) is 2. The van der Waals surface area contributed by atoms with E-state index in [4.69, 9.17) is 4.42 Å². The molecule has 0 atom stereocenters. The first-order chi connectivity index (χ1) is 12.6. The predicted octanol–water partition coefficient (Wildman–Crippen LogP) is 4.08. The molecule has 8 heteroatoms. The van der Waals surface area contributed by atoms with Crippen LogP contribution >= 0.6 is 11.8 Å². The number of carbonyl (C=O) groups excluding carboxylic acids is 1. The van der Waals surface area contributed by atoms with Gasteiger partial charge in [0, 0.05) is 5.56 Å². The van der Waals surface area contributed by atoms with E-state index in [0.717, 1.165) is 11.8 Å². The Balaban J connectivity index is 1.68. The van der Waals surface area contributed by atoms with Crippen LogP contribution in [0.3, 0.4) is 0 Å². The van der Waals surface area contributed by atoms with Gasteiger partial charge in [0.1, 0.15) is 11.5 Å². The van der Waals surface area contributed by atoms with E-state index in [1.165, 1.54) is 12.3 Å². The van der Waals surface area contributed by atoms with E-state index in [9.17, 15) is 13.6 Å². The molecule has 26 heavy (non-hydrogen) atoms. The number of halogens is 2. The fourth-order valence-corrected chi connectivity index (χ4v) is 2.85. The van der Waals surface area contributed by atoms with Crippen molar-refractivity contribution in [1.29, 1.82) is 0 Å². The third kappa shape index (κ3) is 4.89. The van der Waals surface area contributed by atoms with E-state index in [1.807, 2.05) is 6.07 Å². The number of hydrogen-bond acceptors (Lipinski definition) is 5. The Labute approximate surface area is 152 Å². The SMILES string of the molecule is O=C(CSc1nc(-c2ccccc2)cc(C(F)F)n1)NCc1ccco1. The van der Waals surface area contributed by atoms with Crippen LogP contribution in [0.4, 0.5) is 8.78 Å². The summed E-state index contributed by atoms with van der Waals surface area (Å²) in [5.41, 5.74) is 0.743. The van der Waals surface area contributed by atoms with Crippen molar-refractivity contribution >= 4 is 17.7 Å². The van der Waals surface area contributed by atoms with E-state index in [1.54, 1.807) is 36.4 Å². The van der Waals surface area contributed by atoms with E-state index in [0.29, 0.717) is 17.0 Å². The van der Waals surface area contributed by atoms with Gasteiger partial charge < -0.3 is 9.73 Å². The second kappa shape index (κ2) is 8.57. The molecule has 3 aromatic rings. The Bertz CT molecular complexity index is 858. The van der Waals surface area contributed by atoms with Crippen LogP contribution in [0.5, 0.6) is 0 Å². The molecule has 0 aliphatic rings. The first-order valence-corrected chi connectivity index (χ1v) is 8.75. The maximum absolute atomic E-state index is 13.1. The third-order valence-corrected chi connectivity index (χ3v) is 4.24. The standard InChI is InChI=1S/C18H15F2N3O2S/c19-17(20)15-9-14(12-5-2-1-3-6-12)22-18(23-15)26-11-16(24)21-10-13-7-4-8-25-13/h1-9,17H,10-11H2,(H,21,24). The number of alkyl halides is 2. The molecule has 0 bridgehead atoms.